The van der Waals surface area contributed by atoms with Gasteiger partial charge in [0.25, 0.3) is 5.69 Å². The van der Waals surface area contributed by atoms with Gasteiger partial charge in [0.15, 0.2) is 0 Å². The zero-order valence-electron chi connectivity index (χ0n) is 11.8. The van der Waals surface area contributed by atoms with Crippen LogP contribution in [0.3, 0.4) is 0 Å². The molecule has 2 N–H and O–H groups in total. The van der Waals surface area contributed by atoms with Crippen molar-refractivity contribution in [3.05, 3.63) is 75.1 Å². The molecule has 1 unspecified atom stereocenters. The Labute approximate surface area is 122 Å². The molecule has 1 atom stereocenters. The van der Waals surface area contributed by atoms with Gasteiger partial charge in [0, 0.05) is 17.7 Å². The fourth-order valence-electron chi connectivity index (χ4n) is 2.39. The summed E-state index contributed by atoms with van der Waals surface area (Å²) in [6, 6.07) is 11.1. The van der Waals surface area contributed by atoms with Crippen molar-refractivity contribution in [2.45, 2.75) is 25.8 Å². The second-order valence-electron chi connectivity index (χ2n) is 5.19. The number of nitro groups is 1. The van der Waals surface area contributed by atoms with Crippen molar-refractivity contribution < 1.29 is 9.31 Å². The number of hydrogen-bond donors (Lipinski definition) is 1. The van der Waals surface area contributed by atoms with Gasteiger partial charge in [-0.3, -0.25) is 10.1 Å². The van der Waals surface area contributed by atoms with E-state index in [1.807, 2.05) is 31.2 Å². The highest BCUT2D eigenvalue weighted by Crippen LogP contribution is 2.21. The molecule has 2 aromatic rings. The quantitative estimate of drug-likeness (QED) is 0.678. The molecule has 0 spiro atoms. The molecule has 0 fully saturated rings. The number of hydrogen-bond acceptors (Lipinski definition) is 3. The molecule has 2 rings (SSSR count). The first-order valence-electron chi connectivity index (χ1n) is 6.69. The fraction of sp³-hybridized carbons (Fsp3) is 0.250. The van der Waals surface area contributed by atoms with E-state index >= 15 is 0 Å². The van der Waals surface area contributed by atoms with E-state index in [1.54, 1.807) is 0 Å². The van der Waals surface area contributed by atoms with Crippen molar-refractivity contribution in [3.8, 4) is 0 Å². The van der Waals surface area contributed by atoms with Gasteiger partial charge in [-0.05, 0) is 37.5 Å². The highest BCUT2D eigenvalue weighted by atomic mass is 19.1. The summed E-state index contributed by atoms with van der Waals surface area (Å²) in [6.45, 7) is 1.99. The lowest BCUT2D eigenvalue weighted by Gasteiger charge is -2.12. The second kappa shape index (κ2) is 6.45. The van der Waals surface area contributed by atoms with E-state index in [0.29, 0.717) is 12.0 Å². The molecular weight excluding hydrogens is 271 g/mol. The smallest absolute Gasteiger partial charge is 0.272 e. The molecule has 2 aromatic carbocycles. The van der Waals surface area contributed by atoms with Crippen LogP contribution in [0.5, 0.6) is 0 Å². The van der Waals surface area contributed by atoms with Gasteiger partial charge < -0.3 is 5.73 Å². The molecule has 5 heteroatoms. The summed E-state index contributed by atoms with van der Waals surface area (Å²) in [4.78, 5) is 10.5. The van der Waals surface area contributed by atoms with Gasteiger partial charge in [-0.25, -0.2) is 4.39 Å². The van der Waals surface area contributed by atoms with Gasteiger partial charge in [-0.2, -0.15) is 0 Å². The van der Waals surface area contributed by atoms with Crippen LogP contribution in [-0.4, -0.2) is 11.0 Å². The summed E-state index contributed by atoms with van der Waals surface area (Å²) >= 11 is 0. The van der Waals surface area contributed by atoms with E-state index in [4.69, 9.17) is 5.73 Å². The molecule has 0 radical (unpaired) electrons. The monoisotopic (exact) mass is 288 g/mol. The van der Waals surface area contributed by atoms with Crippen molar-refractivity contribution in [3.63, 3.8) is 0 Å². The largest absolute Gasteiger partial charge is 0.327 e. The van der Waals surface area contributed by atoms with Crippen molar-refractivity contribution >= 4 is 5.69 Å². The Morgan fingerprint density at radius 2 is 2.00 bits per heavy atom. The van der Waals surface area contributed by atoms with Crippen LogP contribution in [-0.2, 0) is 12.8 Å². The molecule has 0 amide bonds. The maximum Gasteiger partial charge on any atom is 0.272 e. The normalized spacial score (nSPS) is 12.1. The number of nitrogens with two attached hydrogens (primary N) is 1. The molecule has 0 heterocycles. The maximum atomic E-state index is 13.3. The Balaban J connectivity index is 2.14. The SMILES string of the molecule is Cc1cccc(CC(N)Cc2cc(F)ccc2[N+](=O)[O-])c1. The van der Waals surface area contributed by atoms with Crippen LogP contribution in [0.2, 0.25) is 0 Å². The van der Waals surface area contributed by atoms with E-state index in [-0.39, 0.29) is 18.2 Å². The van der Waals surface area contributed by atoms with Crippen LogP contribution in [0.1, 0.15) is 16.7 Å². The summed E-state index contributed by atoms with van der Waals surface area (Å²) in [7, 11) is 0. The number of nitrogens with zero attached hydrogens (tertiary/aromatic N) is 1. The number of aryl methyl sites for hydroxylation is 1. The average Bonchev–Trinajstić information content (AvgIpc) is 2.38. The Kier molecular flexibility index (Phi) is 4.65. The third-order valence-electron chi connectivity index (χ3n) is 3.30. The topological polar surface area (TPSA) is 69.2 Å². The van der Waals surface area contributed by atoms with Crippen LogP contribution < -0.4 is 5.73 Å². The van der Waals surface area contributed by atoms with Gasteiger partial charge in [0.2, 0.25) is 0 Å². The molecule has 0 aromatic heterocycles. The third-order valence-corrected chi connectivity index (χ3v) is 3.30. The van der Waals surface area contributed by atoms with Crippen molar-refractivity contribution in [2.75, 3.05) is 0 Å². The highest BCUT2D eigenvalue weighted by molar-refractivity contribution is 5.41. The van der Waals surface area contributed by atoms with Crippen LogP contribution in [0.15, 0.2) is 42.5 Å². The standard InChI is InChI=1S/C16H17FN2O2/c1-11-3-2-4-12(7-11)8-15(18)10-13-9-14(17)5-6-16(13)19(20)21/h2-7,9,15H,8,10,18H2,1H3. The Morgan fingerprint density at radius 3 is 2.67 bits per heavy atom. The minimum atomic E-state index is -0.506. The van der Waals surface area contributed by atoms with E-state index < -0.39 is 10.7 Å². The Morgan fingerprint density at radius 1 is 1.24 bits per heavy atom. The first kappa shape index (κ1) is 15.1. The third kappa shape index (κ3) is 4.10. The summed E-state index contributed by atoms with van der Waals surface area (Å²) in [5.41, 5.74) is 8.51. The predicted octanol–water partition coefficient (Wildman–Crippen LogP) is 3.15. The lowest BCUT2D eigenvalue weighted by molar-refractivity contribution is -0.385. The summed E-state index contributed by atoms with van der Waals surface area (Å²) in [5, 5.41) is 11.0. The van der Waals surface area contributed by atoms with Crippen LogP contribution in [0.4, 0.5) is 10.1 Å². The number of benzene rings is 2. The van der Waals surface area contributed by atoms with E-state index in [9.17, 15) is 14.5 Å². The minimum absolute atomic E-state index is 0.0870. The summed E-state index contributed by atoms with van der Waals surface area (Å²) in [5.74, 6) is -0.488. The lowest BCUT2D eigenvalue weighted by atomic mass is 9.98. The zero-order valence-corrected chi connectivity index (χ0v) is 11.8. The first-order valence-corrected chi connectivity index (χ1v) is 6.69. The zero-order chi connectivity index (χ0) is 15.4. The average molecular weight is 288 g/mol. The van der Waals surface area contributed by atoms with Crippen molar-refractivity contribution in [2.24, 2.45) is 5.73 Å². The summed E-state index contributed by atoms with van der Waals surface area (Å²) < 4.78 is 13.3. The Hall–Kier alpha value is -2.27. The molecule has 0 aliphatic heterocycles. The maximum absolute atomic E-state index is 13.3. The van der Waals surface area contributed by atoms with E-state index in [2.05, 4.69) is 0 Å². The number of halogens is 1. The van der Waals surface area contributed by atoms with Gasteiger partial charge in [0.1, 0.15) is 5.82 Å². The molecule has 0 aliphatic rings. The number of nitro benzene ring substituents is 1. The van der Waals surface area contributed by atoms with Gasteiger partial charge >= 0.3 is 0 Å². The lowest BCUT2D eigenvalue weighted by Crippen LogP contribution is -2.26. The van der Waals surface area contributed by atoms with Gasteiger partial charge in [-0.15, -0.1) is 0 Å². The predicted molar refractivity (Wildman–Crippen MR) is 79.6 cm³/mol. The second-order valence-corrected chi connectivity index (χ2v) is 5.19. The van der Waals surface area contributed by atoms with E-state index in [1.165, 1.54) is 12.1 Å². The minimum Gasteiger partial charge on any atom is -0.327 e. The number of rotatable bonds is 5. The highest BCUT2D eigenvalue weighted by Gasteiger charge is 2.17. The first-order chi connectivity index (χ1) is 9.95. The van der Waals surface area contributed by atoms with Gasteiger partial charge in [-0.1, -0.05) is 29.8 Å². The van der Waals surface area contributed by atoms with Gasteiger partial charge in [0.05, 0.1) is 4.92 Å². The van der Waals surface area contributed by atoms with Crippen LogP contribution in [0.25, 0.3) is 0 Å². The summed E-state index contributed by atoms with van der Waals surface area (Å²) in [6.07, 6.45) is 0.858. The molecule has 21 heavy (non-hydrogen) atoms. The Bertz CT molecular complexity index is 658. The van der Waals surface area contributed by atoms with Crippen molar-refractivity contribution in [1.82, 2.24) is 0 Å². The molecular formula is C16H17FN2O2. The molecule has 110 valence electrons. The molecule has 0 saturated heterocycles. The van der Waals surface area contributed by atoms with Crippen LogP contribution >= 0.6 is 0 Å². The molecule has 4 nitrogen and oxygen atoms in total. The van der Waals surface area contributed by atoms with Crippen molar-refractivity contribution in [1.29, 1.82) is 0 Å². The fourth-order valence-corrected chi connectivity index (χ4v) is 2.39. The molecule has 0 saturated carbocycles. The molecule has 0 bridgehead atoms. The molecule has 0 aliphatic carbocycles. The van der Waals surface area contributed by atoms with Crippen LogP contribution in [0, 0.1) is 22.9 Å². The van der Waals surface area contributed by atoms with E-state index in [0.717, 1.165) is 17.2 Å².